The summed E-state index contributed by atoms with van der Waals surface area (Å²) < 4.78 is 10.1. The monoisotopic (exact) mass is 354 g/mol. The molecule has 0 aliphatic rings. The average molecular weight is 354 g/mol. The van der Waals surface area contributed by atoms with E-state index in [9.17, 15) is 20.1 Å². The number of unbranched alkanes of at least 4 members (excludes halogenated alkanes) is 2. The van der Waals surface area contributed by atoms with Crippen LogP contribution in [0.25, 0.3) is 11.1 Å². The lowest BCUT2D eigenvalue weighted by Crippen LogP contribution is -2.20. The quantitative estimate of drug-likeness (QED) is 0.520. The second-order valence-electron chi connectivity index (χ2n) is 5.53. The van der Waals surface area contributed by atoms with Gasteiger partial charge in [-0.25, -0.2) is 9.59 Å². The first kappa shape index (κ1) is 20.9. The van der Waals surface area contributed by atoms with Crippen molar-refractivity contribution in [1.82, 2.24) is 0 Å². The van der Waals surface area contributed by atoms with Gasteiger partial charge in [-0.1, -0.05) is 51.0 Å². The Labute approximate surface area is 152 Å². The van der Waals surface area contributed by atoms with Gasteiger partial charge in [0.25, 0.3) is 0 Å². The normalized spacial score (nSPS) is 9.54. The van der Waals surface area contributed by atoms with Crippen molar-refractivity contribution < 1.29 is 19.1 Å². The second kappa shape index (κ2) is 11.4. The molecule has 136 valence electrons. The first-order chi connectivity index (χ1) is 12.6. The molecule has 0 amide bonds. The molecule has 0 unspecified atom stereocenters. The Hall–Kier alpha value is -3.12. The van der Waals surface area contributed by atoms with Crippen LogP contribution < -0.4 is 10.4 Å². The van der Waals surface area contributed by atoms with Crippen LogP contribution in [-0.2, 0) is 19.1 Å². The summed E-state index contributed by atoms with van der Waals surface area (Å²) in [6.45, 7) is 4.46. The van der Waals surface area contributed by atoms with Crippen molar-refractivity contribution >= 4 is 23.1 Å². The Kier molecular flexibility index (Phi) is 9.20. The van der Waals surface area contributed by atoms with Crippen LogP contribution in [0.2, 0.25) is 0 Å². The van der Waals surface area contributed by atoms with Gasteiger partial charge in [0.1, 0.15) is 23.3 Å². The fraction of sp³-hybridized carbons (Fsp3) is 0.400. The highest BCUT2D eigenvalue weighted by Crippen LogP contribution is 2.00. The molecule has 0 aromatic heterocycles. The van der Waals surface area contributed by atoms with Gasteiger partial charge >= 0.3 is 11.9 Å². The zero-order chi connectivity index (χ0) is 19.4. The zero-order valence-corrected chi connectivity index (χ0v) is 15.1. The molecule has 0 aliphatic heterocycles. The fourth-order valence-electron chi connectivity index (χ4n) is 2.02. The molecule has 0 spiro atoms. The lowest BCUT2D eigenvalue weighted by atomic mass is 10.1. The average Bonchev–Trinajstić information content (AvgIpc) is 2.64. The van der Waals surface area contributed by atoms with E-state index in [1.54, 1.807) is 0 Å². The molecule has 0 aliphatic carbocycles. The first-order valence-electron chi connectivity index (χ1n) is 8.58. The van der Waals surface area contributed by atoms with Crippen LogP contribution in [0.1, 0.15) is 39.5 Å². The van der Waals surface area contributed by atoms with Crippen LogP contribution in [0.4, 0.5) is 0 Å². The number of carbonyl (C=O) groups is 2. The van der Waals surface area contributed by atoms with E-state index in [1.807, 2.05) is 26.0 Å². The van der Waals surface area contributed by atoms with Crippen molar-refractivity contribution in [3.63, 3.8) is 0 Å². The van der Waals surface area contributed by atoms with Crippen molar-refractivity contribution in [3.8, 4) is 12.1 Å². The molecule has 0 N–H and O–H groups in total. The molecule has 1 rings (SSSR count). The topological polar surface area (TPSA) is 100 Å². The molecule has 0 radical (unpaired) electrons. The standard InChI is InChI=1S/C20H22N2O4/c1-3-5-11-25-19(23)17(13-21)15-7-9-16(10-8-15)18(14-22)20(24)26-12-6-4-2/h7-10H,3-6,11-12H2,1-2H3. The highest BCUT2D eigenvalue weighted by molar-refractivity contribution is 6.16. The number of nitriles is 2. The molecule has 0 fully saturated rings. The summed E-state index contributed by atoms with van der Waals surface area (Å²) >= 11 is 0. The Morgan fingerprint density at radius 1 is 0.808 bits per heavy atom. The molecule has 1 aromatic carbocycles. The Bertz CT molecular complexity index is 750. The van der Waals surface area contributed by atoms with Gasteiger partial charge in [-0.15, -0.1) is 0 Å². The zero-order valence-electron chi connectivity index (χ0n) is 15.1. The minimum Gasteiger partial charge on any atom is -0.462 e. The van der Waals surface area contributed by atoms with Crippen LogP contribution >= 0.6 is 0 Å². The van der Waals surface area contributed by atoms with E-state index in [4.69, 9.17) is 9.47 Å². The van der Waals surface area contributed by atoms with Gasteiger partial charge in [0.2, 0.25) is 0 Å². The molecular weight excluding hydrogens is 332 g/mol. The van der Waals surface area contributed by atoms with E-state index in [-0.39, 0.29) is 24.4 Å². The smallest absolute Gasteiger partial charge is 0.349 e. The van der Waals surface area contributed by atoms with Gasteiger partial charge in [-0.2, -0.15) is 10.5 Å². The third-order valence-corrected chi connectivity index (χ3v) is 3.56. The molecule has 0 bridgehead atoms. The van der Waals surface area contributed by atoms with Gasteiger partial charge in [0.05, 0.1) is 13.2 Å². The van der Waals surface area contributed by atoms with Crippen LogP contribution in [0.5, 0.6) is 0 Å². The van der Waals surface area contributed by atoms with Crippen molar-refractivity contribution in [3.05, 3.63) is 34.7 Å². The molecule has 1 aromatic rings. The highest BCUT2D eigenvalue weighted by atomic mass is 16.5. The summed E-state index contributed by atoms with van der Waals surface area (Å²) in [4.78, 5) is 23.9. The second-order valence-corrected chi connectivity index (χ2v) is 5.53. The summed E-state index contributed by atoms with van der Waals surface area (Å²) in [5.41, 5.74) is -0.228. The summed E-state index contributed by atoms with van der Waals surface area (Å²) in [5, 5.41) is 19.2. The maximum absolute atomic E-state index is 12.0. The minimum absolute atomic E-state index is 0.114. The summed E-state index contributed by atoms with van der Waals surface area (Å²) in [5.74, 6) is -1.37. The van der Waals surface area contributed by atoms with Crippen LogP contribution in [-0.4, -0.2) is 25.2 Å². The number of carbonyl (C=O) groups excluding carboxylic acids is 2. The molecule has 0 saturated heterocycles. The largest absolute Gasteiger partial charge is 0.462 e. The molecule has 0 saturated carbocycles. The van der Waals surface area contributed by atoms with E-state index in [0.717, 1.165) is 25.7 Å². The maximum atomic E-state index is 12.0. The number of benzene rings is 1. The van der Waals surface area contributed by atoms with E-state index in [1.165, 1.54) is 24.3 Å². The van der Waals surface area contributed by atoms with Crippen molar-refractivity contribution in [2.24, 2.45) is 0 Å². The van der Waals surface area contributed by atoms with Gasteiger partial charge in [-0.05, 0) is 23.3 Å². The van der Waals surface area contributed by atoms with Gasteiger partial charge in [0.15, 0.2) is 0 Å². The number of hydrogen-bond donors (Lipinski definition) is 0. The fourth-order valence-corrected chi connectivity index (χ4v) is 2.02. The number of esters is 2. The Morgan fingerprint density at radius 2 is 1.15 bits per heavy atom. The lowest BCUT2D eigenvalue weighted by Gasteiger charge is -2.03. The van der Waals surface area contributed by atoms with Crippen molar-refractivity contribution in [2.75, 3.05) is 13.2 Å². The molecule has 6 nitrogen and oxygen atoms in total. The Balaban J connectivity index is 3.14. The molecular formula is C20H22N2O4. The summed E-state index contributed by atoms with van der Waals surface area (Å²) in [6.07, 6.45) is 3.21. The highest BCUT2D eigenvalue weighted by Gasteiger charge is 2.13. The number of ether oxygens (including phenoxy) is 2. The molecule has 26 heavy (non-hydrogen) atoms. The van der Waals surface area contributed by atoms with Crippen molar-refractivity contribution in [2.45, 2.75) is 39.5 Å². The third-order valence-electron chi connectivity index (χ3n) is 3.56. The SMILES string of the molecule is CCCCOC(=O)C(C#N)=c1ccc(=C(C#N)C(=O)OCCCC)cc1. The number of hydrogen-bond acceptors (Lipinski definition) is 6. The van der Waals surface area contributed by atoms with Crippen molar-refractivity contribution in [1.29, 1.82) is 10.5 Å². The van der Waals surface area contributed by atoms with Gasteiger partial charge in [0, 0.05) is 0 Å². The predicted molar refractivity (Wildman–Crippen MR) is 95.5 cm³/mol. The molecule has 0 heterocycles. The van der Waals surface area contributed by atoms with Crippen LogP contribution in [0, 0.1) is 22.7 Å². The van der Waals surface area contributed by atoms with E-state index in [0.29, 0.717) is 10.4 Å². The van der Waals surface area contributed by atoms with E-state index in [2.05, 4.69) is 0 Å². The summed E-state index contributed by atoms with van der Waals surface area (Å²) in [7, 11) is 0. The first-order valence-corrected chi connectivity index (χ1v) is 8.58. The lowest BCUT2D eigenvalue weighted by molar-refractivity contribution is -0.137. The molecule has 0 atom stereocenters. The van der Waals surface area contributed by atoms with Crippen LogP contribution in [0.15, 0.2) is 24.3 Å². The maximum Gasteiger partial charge on any atom is 0.349 e. The predicted octanol–water partition coefficient (Wildman–Crippen LogP) is 1.72. The van der Waals surface area contributed by atoms with Gasteiger partial charge in [-0.3, -0.25) is 0 Å². The number of rotatable bonds is 8. The van der Waals surface area contributed by atoms with E-state index < -0.39 is 11.9 Å². The number of nitrogens with zero attached hydrogens (tertiary/aromatic N) is 2. The Morgan fingerprint density at radius 3 is 1.42 bits per heavy atom. The molecule has 6 heteroatoms. The summed E-state index contributed by atoms with van der Waals surface area (Å²) in [6, 6.07) is 9.71. The van der Waals surface area contributed by atoms with Crippen LogP contribution in [0.3, 0.4) is 0 Å². The van der Waals surface area contributed by atoms with Gasteiger partial charge < -0.3 is 9.47 Å². The third kappa shape index (κ3) is 6.07. The minimum atomic E-state index is -0.683. The van der Waals surface area contributed by atoms with E-state index >= 15 is 0 Å².